The number of aromatic amines is 1. The second-order valence-corrected chi connectivity index (χ2v) is 10.3. The molecule has 0 radical (unpaired) electrons. The fourth-order valence-electron chi connectivity index (χ4n) is 4.02. The summed E-state index contributed by atoms with van der Waals surface area (Å²) in [5, 5.41) is 49.6. The molecule has 2 heterocycles. The van der Waals surface area contributed by atoms with Crippen LogP contribution in [0.3, 0.4) is 0 Å². The second kappa shape index (κ2) is 12.7. The normalized spacial score (nSPS) is 23.5. The number of aliphatic hydroxyl groups is 4. The Balaban J connectivity index is 1.65. The van der Waals surface area contributed by atoms with Gasteiger partial charge in [0.1, 0.15) is 35.7 Å². The van der Waals surface area contributed by atoms with Gasteiger partial charge in [0, 0.05) is 17.7 Å². The van der Waals surface area contributed by atoms with Crippen molar-refractivity contribution >= 4 is 11.8 Å². The van der Waals surface area contributed by atoms with Crippen molar-refractivity contribution in [2.75, 3.05) is 13.2 Å². The number of H-pyrrole nitrogens is 1. The number of rotatable bonds is 12. The number of nitrogens with one attached hydrogen (secondary N) is 2. The molecule has 13 heteroatoms. The van der Waals surface area contributed by atoms with Crippen molar-refractivity contribution in [2.45, 2.75) is 82.7 Å². The van der Waals surface area contributed by atoms with Gasteiger partial charge in [-0.3, -0.25) is 14.7 Å². The number of nitrogens with two attached hydrogens (primary N) is 1. The highest BCUT2D eigenvalue weighted by Crippen LogP contribution is 2.31. The molecule has 8 N–H and O–H groups in total. The molecule has 1 aliphatic rings. The lowest BCUT2D eigenvalue weighted by atomic mass is 9.98. The summed E-state index contributed by atoms with van der Waals surface area (Å²) in [6, 6.07) is 7.21. The van der Waals surface area contributed by atoms with E-state index in [1.165, 1.54) is 13.8 Å². The molecule has 13 nitrogen and oxygen atoms in total. The van der Waals surface area contributed by atoms with Gasteiger partial charge in [0.25, 0.3) is 0 Å². The van der Waals surface area contributed by atoms with E-state index in [0.717, 1.165) is 11.3 Å². The largest absolute Gasteiger partial charge is 0.493 e. The summed E-state index contributed by atoms with van der Waals surface area (Å²) >= 11 is 0. The Bertz CT molecular complexity index is 1120. The summed E-state index contributed by atoms with van der Waals surface area (Å²) < 4.78 is 16.9. The SMILES string of the molecule is CC(C)c1[nH]nc(O[C@@H]2O[C@H](CO)[C@@H](O)[C@H](O)[C@H]2O)c1Cc1ccc(OCCC(=O)NC(C)(C)C(N)=O)cc1. The molecule has 1 aliphatic heterocycles. The molecule has 0 spiro atoms. The minimum atomic E-state index is -1.57. The summed E-state index contributed by atoms with van der Waals surface area (Å²) in [7, 11) is 0. The zero-order valence-corrected chi connectivity index (χ0v) is 22.5. The molecule has 1 fully saturated rings. The number of aromatic nitrogens is 2. The van der Waals surface area contributed by atoms with Crippen molar-refractivity contribution in [3.05, 3.63) is 41.1 Å². The molecule has 39 heavy (non-hydrogen) atoms. The Labute approximate surface area is 226 Å². The van der Waals surface area contributed by atoms with Gasteiger partial charge >= 0.3 is 0 Å². The molecule has 0 unspecified atom stereocenters. The number of carbonyl (C=O) groups excluding carboxylic acids is 2. The van der Waals surface area contributed by atoms with Gasteiger partial charge in [0.15, 0.2) is 0 Å². The number of benzene rings is 1. The molecule has 0 saturated carbocycles. The molecular weight excluding hydrogens is 512 g/mol. The maximum atomic E-state index is 12.1. The smallest absolute Gasteiger partial charge is 0.242 e. The van der Waals surface area contributed by atoms with Crippen molar-refractivity contribution in [3.63, 3.8) is 0 Å². The first-order valence-corrected chi connectivity index (χ1v) is 12.7. The molecule has 216 valence electrons. The fraction of sp³-hybridized carbons (Fsp3) is 0.577. The average Bonchev–Trinajstić information content (AvgIpc) is 3.27. The molecule has 5 atom stereocenters. The molecule has 1 aromatic heterocycles. The van der Waals surface area contributed by atoms with Gasteiger partial charge in [-0.2, -0.15) is 0 Å². The molecule has 2 aromatic rings. The highest BCUT2D eigenvalue weighted by molar-refractivity contribution is 5.89. The summed E-state index contributed by atoms with van der Waals surface area (Å²) in [6.45, 7) is 6.55. The van der Waals surface area contributed by atoms with Crippen LogP contribution in [0.4, 0.5) is 0 Å². The summed E-state index contributed by atoms with van der Waals surface area (Å²) in [5.74, 6) is -0.216. The van der Waals surface area contributed by atoms with E-state index in [9.17, 15) is 30.0 Å². The van der Waals surface area contributed by atoms with Gasteiger partial charge in [-0.25, -0.2) is 0 Å². The van der Waals surface area contributed by atoms with E-state index >= 15 is 0 Å². The highest BCUT2D eigenvalue weighted by Gasteiger charge is 2.45. The van der Waals surface area contributed by atoms with E-state index < -0.39 is 48.8 Å². The fourth-order valence-corrected chi connectivity index (χ4v) is 4.02. The minimum absolute atomic E-state index is 0.0455. The van der Waals surface area contributed by atoms with Crippen molar-refractivity contribution in [2.24, 2.45) is 5.73 Å². The van der Waals surface area contributed by atoms with E-state index in [0.29, 0.717) is 17.7 Å². The Morgan fingerprint density at radius 1 is 1.15 bits per heavy atom. The first kappa shape index (κ1) is 30.3. The van der Waals surface area contributed by atoms with Crippen LogP contribution in [-0.4, -0.2) is 91.9 Å². The molecule has 1 aromatic carbocycles. The van der Waals surface area contributed by atoms with Gasteiger partial charge in [-0.15, -0.1) is 5.10 Å². The zero-order valence-electron chi connectivity index (χ0n) is 22.5. The third kappa shape index (κ3) is 7.46. The number of carbonyl (C=O) groups is 2. The first-order chi connectivity index (χ1) is 18.3. The first-order valence-electron chi connectivity index (χ1n) is 12.7. The second-order valence-electron chi connectivity index (χ2n) is 10.3. The van der Waals surface area contributed by atoms with Crippen molar-refractivity contribution < 1.29 is 44.2 Å². The number of hydrogen-bond acceptors (Lipinski definition) is 10. The lowest BCUT2D eigenvalue weighted by Gasteiger charge is -2.39. The molecule has 1 saturated heterocycles. The number of aliphatic hydroxyl groups excluding tert-OH is 4. The quantitative estimate of drug-likeness (QED) is 0.179. The average molecular weight is 551 g/mol. The predicted molar refractivity (Wildman–Crippen MR) is 138 cm³/mol. The monoisotopic (exact) mass is 550 g/mol. The van der Waals surface area contributed by atoms with Gasteiger partial charge in [-0.1, -0.05) is 26.0 Å². The topological polar surface area (TPSA) is 209 Å². The van der Waals surface area contributed by atoms with E-state index in [1.54, 1.807) is 12.1 Å². The van der Waals surface area contributed by atoms with Crippen LogP contribution in [0.2, 0.25) is 0 Å². The highest BCUT2D eigenvalue weighted by atomic mass is 16.7. The third-order valence-corrected chi connectivity index (χ3v) is 6.48. The summed E-state index contributed by atoms with van der Waals surface area (Å²) in [6.07, 6.45) is -6.63. The zero-order chi connectivity index (χ0) is 28.9. The summed E-state index contributed by atoms with van der Waals surface area (Å²) in [4.78, 5) is 23.4. The van der Waals surface area contributed by atoms with E-state index in [4.69, 9.17) is 19.9 Å². The number of primary amides is 1. The van der Waals surface area contributed by atoms with Crippen LogP contribution >= 0.6 is 0 Å². The van der Waals surface area contributed by atoms with Crippen molar-refractivity contribution in [1.29, 1.82) is 0 Å². The van der Waals surface area contributed by atoms with Gasteiger partial charge in [-0.05, 0) is 37.5 Å². The maximum Gasteiger partial charge on any atom is 0.242 e. The van der Waals surface area contributed by atoms with E-state index in [-0.39, 0.29) is 30.7 Å². The number of hydrogen-bond donors (Lipinski definition) is 7. The van der Waals surface area contributed by atoms with Gasteiger partial charge in [0.05, 0.1) is 19.6 Å². The van der Waals surface area contributed by atoms with Crippen LogP contribution in [-0.2, 0) is 20.7 Å². The van der Waals surface area contributed by atoms with Crippen LogP contribution in [0.1, 0.15) is 56.9 Å². The van der Waals surface area contributed by atoms with Crippen LogP contribution < -0.4 is 20.5 Å². The Morgan fingerprint density at radius 3 is 2.41 bits per heavy atom. The summed E-state index contributed by atoms with van der Waals surface area (Å²) in [5.41, 5.74) is 6.53. The van der Waals surface area contributed by atoms with Crippen LogP contribution in [0.5, 0.6) is 11.6 Å². The Hall–Kier alpha value is -3.23. The van der Waals surface area contributed by atoms with Crippen LogP contribution in [0.25, 0.3) is 0 Å². The van der Waals surface area contributed by atoms with Gasteiger partial charge in [0.2, 0.25) is 24.0 Å². The van der Waals surface area contributed by atoms with Crippen molar-refractivity contribution in [1.82, 2.24) is 15.5 Å². The van der Waals surface area contributed by atoms with Gasteiger partial charge < -0.3 is 45.7 Å². The maximum absolute atomic E-state index is 12.1. The molecule has 3 rings (SSSR count). The van der Waals surface area contributed by atoms with E-state index in [2.05, 4.69) is 15.5 Å². The molecule has 0 bridgehead atoms. The minimum Gasteiger partial charge on any atom is -0.493 e. The lowest BCUT2D eigenvalue weighted by Crippen LogP contribution is -2.60. The lowest BCUT2D eigenvalue weighted by molar-refractivity contribution is -0.278. The number of nitrogens with zero attached hydrogens (tertiary/aromatic N) is 1. The predicted octanol–water partition coefficient (Wildman–Crippen LogP) is -0.548. The van der Waals surface area contributed by atoms with E-state index in [1.807, 2.05) is 26.0 Å². The number of amides is 2. The molecule has 0 aliphatic carbocycles. The van der Waals surface area contributed by atoms with Crippen LogP contribution in [0, 0.1) is 0 Å². The molecule has 2 amide bonds. The van der Waals surface area contributed by atoms with Crippen molar-refractivity contribution in [3.8, 4) is 11.6 Å². The Kier molecular flexibility index (Phi) is 9.91. The number of ether oxygens (including phenoxy) is 3. The third-order valence-electron chi connectivity index (χ3n) is 6.48. The van der Waals surface area contributed by atoms with Crippen LogP contribution in [0.15, 0.2) is 24.3 Å². The Morgan fingerprint density at radius 2 is 1.82 bits per heavy atom. The standard InChI is InChI=1S/C26H38N4O9/c1-13(2)19-16(23(30-29-19)39-24-22(35)21(34)20(33)17(12-31)38-24)11-14-5-7-15(8-6-14)37-10-9-18(32)28-26(3,4)25(27)36/h5-8,13,17,20-22,24,31,33-35H,9-12H2,1-4H3,(H2,27,36)(H,28,32)(H,29,30)/t17-,20-,21+,22-,24+/m1/s1. The molecular formula is C26H38N4O9.